The zero-order valence-electron chi connectivity index (χ0n) is 13.2. The normalized spacial score (nSPS) is 22.1. The summed E-state index contributed by atoms with van der Waals surface area (Å²) in [6, 6.07) is 7.63. The molecule has 5 heteroatoms. The first-order chi connectivity index (χ1) is 9.86. The Labute approximate surface area is 128 Å². The Kier molecular flexibility index (Phi) is 5.41. The minimum absolute atomic E-state index is 0.383. The molecule has 1 heterocycles. The van der Waals surface area contributed by atoms with Gasteiger partial charge in [0.15, 0.2) is 9.84 Å². The van der Waals surface area contributed by atoms with E-state index in [1.807, 2.05) is 12.1 Å². The number of benzene rings is 1. The molecular weight excluding hydrogens is 284 g/mol. The fraction of sp³-hybridized carbons (Fsp3) is 0.625. The van der Waals surface area contributed by atoms with Gasteiger partial charge in [-0.15, -0.1) is 0 Å². The van der Waals surface area contributed by atoms with Crippen molar-refractivity contribution in [2.75, 3.05) is 26.4 Å². The molecule has 118 valence electrons. The van der Waals surface area contributed by atoms with Crippen molar-refractivity contribution in [1.29, 1.82) is 0 Å². The maximum Gasteiger partial charge on any atom is 0.175 e. The zero-order valence-corrected chi connectivity index (χ0v) is 14.0. The molecule has 0 bridgehead atoms. The maximum atomic E-state index is 11.4. The SMILES string of the molecule is CC(NCc1ccc(S(C)(=O)=O)cc1)C1CCCN(C)C1. The summed E-state index contributed by atoms with van der Waals surface area (Å²) >= 11 is 0. The molecule has 21 heavy (non-hydrogen) atoms. The number of sulfone groups is 1. The van der Waals surface area contributed by atoms with E-state index in [1.54, 1.807) is 12.1 Å². The van der Waals surface area contributed by atoms with E-state index in [2.05, 4.69) is 24.2 Å². The van der Waals surface area contributed by atoms with Gasteiger partial charge in [0.1, 0.15) is 0 Å². The van der Waals surface area contributed by atoms with Crippen LogP contribution < -0.4 is 5.32 Å². The molecule has 0 aliphatic carbocycles. The smallest absolute Gasteiger partial charge is 0.175 e. The highest BCUT2D eigenvalue weighted by atomic mass is 32.2. The van der Waals surface area contributed by atoms with Gasteiger partial charge in [-0.05, 0) is 57.0 Å². The lowest BCUT2D eigenvalue weighted by molar-refractivity contribution is 0.178. The molecule has 2 atom stereocenters. The van der Waals surface area contributed by atoms with Crippen LogP contribution in [-0.2, 0) is 16.4 Å². The van der Waals surface area contributed by atoms with Crippen LogP contribution >= 0.6 is 0 Å². The van der Waals surface area contributed by atoms with Gasteiger partial charge in [-0.2, -0.15) is 0 Å². The van der Waals surface area contributed by atoms with E-state index < -0.39 is 9.84 Å². The molecule has 0 aromatic heterocycles. The maximum absolute atomic E-state index is 11.4. The number of rotatable bonds is 5. The van der Waals surface area contributed by atoms with Crippen LogP contribution in [0.25, 0.3) is 0 Å². The molecule has 1 aliphatic rings. The lowest BCUT2D eigenvalue weighted by atomic mass is 9.92. The van der Waals surface area contributed by atoms with E-state index in [9.17, 15) is 8.42 Å². The molecular formula is C16H26N2O2S. The fourth-order valence-corrected chi connectivity index (χ4v) is 3.54. The van der Waals surface area contributed by atoms with E-state index in [4.69, 9.17) is 0 Å². The summed E-state index contributed by atoms with van der Waals surface area (Å²) in [5.41, 5.74) is 1.12. The molecule has 1 saturated heterocycles. The Balaban J connectivity index is 1.87. The van der Waals surface area contributed by atoms with Crippen LogP contribution in [0.1, 0.15) is 25.3 Å². The van der Waals surface area contributed by atoms with Crippen LogP contribution in [0.5, 0.6) is 0 Å². The van der Waals surface area contributed by atoms with E-state index in [0.717, 1.165) is 18.7 Å². The van der Waals surface area contributed by atoms with E-state index in [1.165, 1.54) is 25.6 Å². The first-order valence-electron chi connectivity index (χ1n) is 7.57. The average Bonchev–Trinajstić information content (AvgIpc) is 2.44. The van der Waals surface area contributed by atoms with Gasteiger partial charge in [-0.1, -0.05) is 12.1 Å². The molecule has 4 nitrogen and oxygen atoms in total. The lowest BCUT2D eigenvalue weighted by Gasteiger charge is -2.34. The summed E-state index contributed by atoms with van der Waals surface area (Å²) in [5, 5.41) is 3.57. The second kappa shape index (κ2) is 6.90. The lowest BCUT2D eigenvalue weighted by Crippen LogP contribution is -2.42. The van der Waals surface area contributed by atoms with Gasteiger partial charge < -0.3 is 10.2 Å². The molecule has 1 N–H and O–H groups in total. The topological polar surface area (TPSA) is 49.4 Å². The molecule has 0 amide bonds. The first-order valence-corrected chi connectivity index (χ1v) is 9.46. The van der Waals surface area contributed by atoms with Crippen LogP contribution in [0.3, 0.4) is 0 Å². The number of likely N-dealkylation sites (tertiary alicyclic amines) is 1. The second-order valence-electron chi connectivity index (χ2n) is 6.25. The van der Waals surface area contributed by atoms with Gasteiger partial charge in [0.05, 0.1) is 4.90 Å². The van der Waals surface area contributed by atoms with Gasteiger partial charge in [0.25, 0.3) is 0 Å². The van der Waals surface area contributed by atoms with E-state index in [-0.39, 0.29) is 0 Å². The Hall–Kier alpha value is -0.910. The van der Waals surface area contributed by atoms with Crippen molar-refractivity contribution >= 4 is 9.84 Å². The number of piperidine rings is 1. The molecule has 1 fully saturated rings. The molecule has 2 unspecified atom stereocenters. The summed E-state index contributed by atoms with van der Waals surface area (Å²) < 4.78 is 22.9. The summed E-state index contributed by atoms with van der Waals surface area (Å²) in [6.07, 6.45) is 3.80. The number of hydrogen-bond donors (Lipinski definition) is 1. The fourth-order valence-electron chi connectivity index (χ4n) is 2.91. The third kappa shape index (κ3) is 4.80. The molecule has 2 rings (SSSR count). The van der Waals surface area contributed by atoms with Crippen molar-refractivity contribution in [2.45, 2.75) is 37.2 Å². The minimum Gasteiger partial charge on any atom is -0.310 e. The Morgan fingerprint density at radius 3 is 2.57 bits per heavy atom. The highest BCUT2D eigenvalue weighted by Gasteiger charge is 2.22. The van der Waals surface area contributed by atoms with Gasteiger partial charge in [0.2, 0.25) is 0 Å². The van der Waals surface area contributed by atoms with Crippen molar-refractivity contribution in [3.8, 4) is 0 Å². The van der Waals surface area contributed by atoms with Gasteiger partial charge >= 0.3 is 0 Å². The van der Waals surface area contributed by atoms with Crippen molar-refractivity contribution in [2.24, 2.45) is 5.92 Å². The number of nitrogens with zero attached hydrogens (tertiary/aromatic N) is 1. The predicted octanol–water partition coefficient (Wildman–Crippen LogP) is 1.91. The Morgan fingerprint density at radius 1 is 1.33 bits per heavy atom. The van der Waals surface area contributed by atoms with Crippen molar-refractivity contribution in [3.63, 3.8) is 0 Å². The van der Waals surface area contributed by atoms with Crippen molar-refractivity contribution in [3.05, 3.63) is 29.8 Å². The average molecular weight is 310 g/mol. The van der Waals surface area contributed by atoms with Crippen LogP contribution in [-0.4, -0.2) is 45.8 Å². The largest absolute Gasteiger partial charge is 0.310 e. The van der Waals surface area contributed by atoms with Crippen molar-refractivity contribution < 1.29 is 8.42 Å². The Bertz CT molecular complexity index is 554. The highest BCUT2D eigenvalue weighted by molar-refractivity contribution is 7.90. The summed E-state index contributed by atoms with van der Waals surface area (Å²) in [4.78, 5) is 2.78. The van der Waals surface area contributed by atoms with Crippen LogP contribution in [0.2, 0.25) is 0 Å². The predicted molar refractivity (Wildman–Crippen MR) is 86.1 cm³/mol. The van der Waals surface area contributed by atoms with Gasteiger partial charge in [-0.25, -0.2) is 8.42 Å². The third-order valence-electron chi connectivity index (χ3n) is 4.35. The molecule has 0 spiro atoms. The minimum atomic E-state index is -3.10. The first kappa shape index (κ1) is 16.5. The van der Waals surface area contributed by atoms with Gasteiger partial charge in [-0.3, -0.25) is 0 Å². The molecule has 0 radical (unpaired) electrons. The molecule has 1 aromatic carbocycles. The van der Waals surface area contributed by atoms with Crippen molar-refractivity contribution in [1.82, 2.24) is 10.2 Å². The summed E-state index contributed by atoms with van der Waals surface area (Å²) in [7, 11) is -0.917. The number of nitrogens with one attached hydrogen (secondary N) is 1. The van der Waals surface area contributed by atoms with Gasteiger partial charge in [0, 0.05) is 25.4 Å². The van der Waals surface area contributed by atoms with E-state index in [0.29, 0.717) is 16.9 Å². The summed E-state index contributed by atoms with van der Waals surface area (Å²) in [5.74, 6) is 0.694. The zero-order chi connectivity index (χ0) is 15.5. The third-order valence-corrected chi connectivity index (χ3v) is 5.48. The van der Waals surface area contributed by atoms with E-state index >= 15 is 0 Å². The monoisotopic (exact) mass is 310 g/mol. The van der Waals surface area contributed by atoms with Crippen LogP contribution in [0.4, 0.5) is 0 Å². The molecule has 0 saturated carbocycles. The standard InChI is InChI=1S/C16H26N2O2S/c1-13(15-5-4-10-18(2)12-15)17-11-14-6-8-16(9-7-14)21(3,19)20/h6-9,13,15,17H,4-5,10-12H2,1-3H3. The van der Waals surface area contributed by atoms with Crippen LogP contribution in [0.15, 0.2) is 29.2 Å². The Morgan fingerprint density at radius 2 is 2.00 bits per heavy atom. The quantitative estimate of drug-likeness (QED) is 0.902. The molecule has 1 aliphatic heterocycles. The second-order valence-corrected chi connectivity index (χ2v) is 8.27. The van der Waals surface area contributed by atoms with Crippen LogP contribution in [0, 0.1) is 5.92 Å². The molecule has 1 aromatic rings. The summed E-state index contributed by atoms with van der Waals surface area (Å²) in [6.45, 7) is 5.39. The number of hydrogen-bond acceptors (Lipinski definition) is 4. The highest BCUT2D eigenvalue weighted by Crippen LogP contribution is 2.19.